The third-order valence-electron chi connectivity index (χ3n) is 8.33. The minimum absolute atomic E-state index is 0.00383. The number of halogens is 2. The zero-order valence-electron chi connectivity index (χ0n) is 24.7. The zero-order valence-corrected chi connectivity index (χ0v) is 25.5. The number of fused-ring (bicyclic) bond motifs is 2. The Kier molecular flexibility index (Phi) is 10.6. The average Bonchev–Trinajstić information content (AvgIpc) is 3.04. The van der Waals surface area contributed by atoms with E-state index in [0.29, 0.717) is 44.1 Å². The van der Waals surface area contributed by atoms with E-state index in [0.717, 1.165) is 23.9 Å². The fourth-order valence-corrected chi connectivity index (χ4v) is 5.86. The number of rotatable bonds is 10. The van der Waals surface area contributed by atoms with E-state index in [1.54, 1.807) is 31.4 Å². The molecule has 1 N–H and O–H groups in total. The number of hydrogen-bond acceptors (Lipinski definition) is 7. The zero-order chi connectivity index (χ0) is 31.1. The number of carbonyl (C=O) groups excluding carboxylic acids is 3. The van der Waals surface area contributed by atoms with Gasteiger partial charge < -0.3 is 19.3 Å². The van der Waals surface area contributed by atoms with Crippen molar-refractivity contribution in [3.63, 3.8) is 0 Å². The predicted molar refractivity (Wildman–Crippen MR) is 165 cm³/mol. The van der Waals surface area contributed by atoms with Gasteiger partial charge in [-0.25, -0.2) is 14.2 Å². The first-order valence-corrected chi connectivity index (χ1v) is 15.2. The van der Waals surface area contributed by atoms with Crippen molar-refractivity contribution in [2.75, 3.05) is 58.4 Å². The van der Waals surface area contributed by atoms with Crippen LogP contribution in [-0.4, -0.2) is 103 Å². The highest BCUT2D eigenvalue weighted by Gasteiger charge is 2.32. The molecule has 10 nitrogen and oxygen atoms in total. The number of aryl methyl sites for hydroxylation is 1. The molecule has 2 aliphatic heterocycles. The van der Waals surface area contributed by atoms with Gasteiger partial charge in [-0.2, -0.15) is 0 Å². The van der Waals surface area contributed by atoms with E-state index in [2.05, 4.69) is 15.2 Å². The number of likely N-dealkylation sites (N-methyl/N-ethyl adjacent to an activating group) is 1. The topological polar surface area (TPSA) is 104 Å². The van der Waals surface area contributed by atoms with Crippen LogP contribution >= 0.6 is 11.6 Å². The van der Waals surface area contributed by atoms with Gasteiger partial charge >= 0.3 is 6.09 Å². The number of hydrogen-bond donors (Lipinski definition) is 1. The quantitative estimate of drug-likeness (QED) is 0.357. The fourth-order valence-electron chi connectivity index (χ4n) is 5.64. The molecular formula is C32H37ClFN5O5. The summed E-state index contributed by atoms with van der Waals surface area (Å²) in [6.07, 6.45) is 1.74. The van der Waals surface area contributed by atoms with Crippen LogP contribution in [0.2, 0.25) is 5.02 Å². The molecule has 2 saturated heterocycles. The highest BCUT2D eigenvalue weighted by Crippen LogP contribution is 2.22. The Balaban J connectivity index is 1.20. The van der Waals surface area contributed by atoms with Crippen LogP contribution in [0.25, 0.3) is 10.8 Å². The monoisotopic (exact) mass is 625 g/mol. The number of benzene rings is 2. The molecule has 0 aliphatic carbocycles. The standard InChI is InChI=1S/C32H37ClFN5O5/c1-37(29(40)11-9-22-7-4-8-27(34)31(22)33)25(10-12-30(41)39-14-13-38-15-16-43-20-26(38)19-39)21-44-32(42)36-28-17-23-5-2-3-6-24(23)18-35-28/h2-8,17-18,25-26H,9-16,19-21H2,1H3,(H,35,36,42)/t25-,26?/m0/s1. The number of aromatic nitrogens is 1. The number of carbonyl (C=O) groups is 3. The number of morpholine rings is 1. The van der Waals surface area contributed by atoms with E-state index in [9.17, 15) is 18.8 Å². The maximum absolute atomic E-state index is 13.9. The second-order valence-corrected chi connectivity index (χ2v) is 11.5. The summed E-state index contributed by atoms with van der Waals surface area (Å²) in [7, 11) is 1.62. The molecule has 2 atom stereocenters. The van der Waals surface area contributed by atoms with Gasteiger partial charge in [0.1, 0.15) is 18.2 Å². The summed E-state index contributed by atoms with van der Waals surface area (Å²) in [5.41, 5.74) is 0.532. The van der Waals surface area contributed by atoms with Gasteiger partial charge in [-0.15, -0.1) is 0 Å². The van der Waals surface area contributed by atoms with Gasteiger partial charge in [-0.3, -0.25) is 19.8 Å². The third-order valence-corrected chi connectivity index (χ3v) is 8.75. The van der Waals surface area contributed by atoms with Gasteiger partial charge in [0, 0.05) is 57.7 Å². The largest absolute Gasteiger partial charge is 0.447 e. The van der Waals surface area contributed by atoms with Crippen LogP contribution in [0.1, 0.15) is 24.8 Å². The lowest BCUT2D eigenvalue weighted by atomic mass is 10.1. The van der Waals surface area contributed by atoms with Crippen molar-refractivity contribution in [3.05, 3.63) is 71.1 Å². The highest BCUT2D eigenvalue weighted by atomic mass is 35.5. The summed E-state index contributed by atoms with van der Waals surface area (Å²) >= 11 is 6.08. The van der Waals surface area contributed by atoms with Crippen molar-refractivity contribution in [2.45, 2.75) is 37.8 Å². The number of ether oxygens (including phenoxy) is 2. The maximum atomic E-state index is 13.9. The summed E-state index contributed by atoms with van der Waals surface area (Å²) < 4.78 is 25.0. The molecule has 3 aromatic rings. The molecule has 2 aliphatic rings. The number of nitrogens with zero attached hydrogens (tertiary/aromatic N) is 4. The number of piperazine rings is 1. The molecule has 2 fully saturated rings. The summed E-state index contributed by atoms with van der Waals surface area (Å²) in [5.74, 6) is -0.460. The molecule has 234 valence electrons. The Morgan fingerprint density at radius 2 is 1.95 bits per heavy atom. The number of amides is 3. The van der Waals surface area contributed by atoms with Crippen LogP contribution in [0.3, 0.4) is 0 Å². The van der Waals surface area contributed by atoms with Gasteiger partial charge in [0.05, 0.1) is 30.3 Å². The molecule has 3 amide bonds. The maximum Gasteiger partial charge on any atom is 0.412 e. The lowest BCUT2D eigenvalue weighted by Gasteiger charge is -2.43. The van der Waals surface area contributed by atoms with Crippen LogP contribution in [0, 0.1) is 5.82 Å². The molecule has 2 aromatic carbocycles. The minimum Gasteiger partial charge on any atom is -0.447 e. The summed E-state index contributed by atoms with van der Waals surface area (Å²) in [5, 5.41) is 4.49. The van der Waals surface area contributed by atoms with Crippen molar-refractivity contribution in [1.82, 2.24) is 19.7 Å². The van der Waals surface area contributed by atoms with Crippen LogP contribution in [0.5, 0.6) is 0 Å². The van der Waals surface area contributed by atoms with Crippen LogP contribution in [0.4, 0.5) is 15.0 Å². The van der Waals surface area contributed by atoms with Gasteiger partial charge in [0.2, 0.25) is 11.8 Å². The molecule has 0 bridgehead atoms. The van der Waals surface area contributed by atoms with Gasteiger partial charge in [0.15, 0.2) is 0 Å². The van der Waals surface area contributed by atoms with Crippen LogP contribution < -0.4 is 5.32 Å². The predicted octanol–water partition coefficient (Wildman–Crippen LogP) is 4.36. The molecule has 0 radical (unpaired) electrons. The molecule has 12 heteroatoms. The van der Waals surface area contributed by atoms with Crippen molar-refractivity contribution in [1.29, 1.82) is 0 Å². The SMILES string of the molecule is CN(C(=O)CCc1cccc(F)c1Cl)[C@@H](CCC(=O)N1CCN2CCOCC2C1)COC(=O)Nc1cc2ccccc2cn1. The summed E-state index contributed by atoms with van der Waals surface area (Å²) in [6.45, 7) is 4.11. The Morgan fingerprint density at radius 3 is 2.80 bits per heavy atom. The van der Waals surface area contributed by atoms with E-state index >= 15 is 0 Å². The smallest absolute Gasteiger partial charge is 0.412 e. The minimum atomic E-state index is -0.718. The molecule has 1 aromatic heterocycles. The number of nitrogens with one attached hydrogen (secondary N) is 1. The summed E-state index contributed by atoms with van der Waals surface area (Å²) in [4.78, 5) is 49.1. The number of pyridine rings is 1. The molecule has 0 saturated carbocycles. The van der Waals surface area contributed by atoms with E-state index < -0.39 is 18.0 Å². The van der Waals surface area contributed by atoms with Crippen molar-refractivity contribution < 1.29 is 28.2 Å². The van der Waals surface area contributed by atoms with Crippen LogP contribution in [-0.2, 0) is 25.5 Å². The summed E-state index contributed by atoms with van der Waals surface area (Å²) in [6, 6.07) is 13.5. The first-order chi connectivity index (χ1) is 21.3. The van der Waals surface area contributed by atoms with Gasteiger partial charge in [-0.05, 0) is 35.9 Å². The molecule has 44 heavy (non-hydrogen) atoms. The normalized spacial score (nSPS) is 17.5. The molecule has 3 heterocycles. The van der Waals surface area contributed by atoms with Crippen molar-refractivity contribution >= 4 is 46.1 Å². The van der Waals surface area contributed by atoms with Gasteiger partial charge in [-0.1, -0.05) is 48.0 Å². The first kappa shape index (κ1) is 31.6. The molecular weight excluding hydrogens is 589 g/mol. The second kappa shape index (κ2) is 14.8. The Labute approximate surface area is 261 Å². The van der Waals surface area contributed by atoms with Crippen molar-refractivity contribution in [2.24, 2.45) is 0 Å². The van der Waals surface area contributed by atoms with E-state index in [1.807, 2.05) is 29.2 Å². The Hall–Kier alpha value is -3.80. The highest BCUT2D eigenvalue weighted by molar-refractivity contribution is 6.31. The first-order valence-electron chi connectivity index (χ1n) is 14.8. The third kappa shape index (κ3) is 8.02. The lowest BCUT2D eigenvalue weighted by molar-refractivity contribution is -0.139. The van der Waals surface area contributed by atoms with Crippen LogP contribution in [0.15, 0.2) is 54.7 Å². The van der Waals surface area contributed by atoms with Gasteiger partial charge in [0.25, 0.3) is 0 Å². The van der Waals surface area contributed by atoms with E-state index in [4.69, 9.17) is 21.1 Å². The average molecular weight is 626 g/mol. The fraction of sp³-hybridized carbons (Fsp3) is 0.438. The lowest BCUT2D eigenvalue weighted by Crippen LogP contribution is -2.59. The molecule has 5 rings (SSSR count). The molecule has 0 spiro atoms. The molecule has 1 unspecified atom stereocenters. The van der Waals surface area contributed by atoms with E-state index in [1.165, 1.54) is 11.0 Å². The Bertz CT molecular complexity index is 1490. The Morgan fingerprint density at radius 1 is 1.14 bits per heavy atom. The number of anilines is 1. The second-order valence-electron chi connectivity index (χ2n) is 11.2. The van der Waals surface area contributed by atoms with Crippen molar-refractivity contribution in [3.8, 4) is 0 Å². The van der Waals surface area contributed by atoms with E-state index in [-0.39, 0.29) is 48.7 Å².